The van der Waals surface area contributed by atoms with Crippen molar-refractivity contribution < 1.29 is 5.11 Å². The maximum Gasteiger partial charge on any atom is 0.104 e. The van der Waals surface area contributed by atoms with Gasteiger partial charge in [0.05, 0.1) is 7.85 Å². The molecule has 13 heavy (non-hydrogen) atoms. The lowest BCUT2D eigenvalue weighted by molar-refractivity contribution is 0.109. The average Bonchev–Trinajstić information content (AvgIpc) is 1.80. The summed E-state index contributed by atoms with van der Waals surface area (Å²) in [6.45, 7) is 6.27. The smallest absolute Gasteiger partial charge is 0.104 e. The van der Waals surface area contributed by atoms with Gasteiger partial charge in [0.15, 0.2) is 0 Å². The Morgan fingerprint density at radius 3 is 2.23 bits per heavy atom. The van der Waals surface area contributed by atoms with Crippen molar-refractivity contribution in [2.24, 2.45) is 5.92 Å². The highest BCUT2D eigenvalue weighted by Gasteiger charge is 2.11. The maximum absolute atomic E-state index is 9.51. The van der Waals surface area contributed by atoms with E-state index in [1.165, 1.54) is 0 Å². The van der Waals surface area contributed by atoms with E-state index in [4.69, 9.17) is 7.85 Å². The van der Waals surface area contributed by atoms with Crippen LogP contribution in [0, 0.1) is 5.92 Å². The Bertz CT molecular complexity index is 119. The van der Waals surface area contributed by atoms with E-state index >= 15 is 0 Å². The molecule has 76 valence electrons. The minimum atomic E-state index is -0.467. The molecule has 2 radical (unpaired) electrons. The molecule has 3 atom stereocenters. The zero-order valence-electron chi connectivity index (χ0n) is 8.63. The first kappa shape index (κ1) is 13.7. The number of aliphatic hydroxyl groups is 1. The minimum Gasteiger partial charge on any atom is -0.379 e. The Hall–Kier alpha value is 0.715. The second kappa shape index (κ2) is 7.07. The van der Waals surface area contributed by atoms with Crippen LogP contribution in [-0.2, 0) is 0 Å². The maximum atomic E-state index is 9.51. The van der Waals surface area contributed by atoms with Crippen LogP contribution in [0.2, 0.25) is 0 Å². The van der Waals surface area contributed by atoms with Crippen LogP contribution in [0.5, 0.6) is 0 Å². The van der Waals surface area contributed by atoms with Crippen LogP contribution in [-0.4, -0.2) is 29.0 Å². The van der Waals surface area contributed by atoms with Crippen LogP contribution in [0.25, 0.3) is 0 Å². The molecular weight excluding hydrogens is 276 g/mol. The van der Waals surface area contributed by atoms with E-state index in [0.29, 0.717) is 9.84 Å². The normalized spacial score (nSPS) is 18.6. The summed E-state index contributed by atoms with van der Waals surface area (Å²) >= 11 is 2.33. The lowest BCUT2D eigenvalue weighted by Gasteiger charge is -2.21. The molecule has 0 aromatic carbocycles. The quantitative estimate of drug-likeness (QED) is 0.338. The molecule has 0 aliphatic rings. The summed E-state index contributed by atoms with van der Waals surface area (Å²) in [4.78, 5) is 0. The van der Waals surface area contributed by atoms with Crippen molar-refractivity contribution in [3.05, 3.63) is 0 Å². The predicted molar refractivity (Wildman–Crippen MR) is 66.2 cm³/mol. The Kier molecular flexibility index (Phi) is 7.45. The zero-order chi connectivity index (χ0) is 10.4. The third-order valence-electron chi connectivity index (χ3n) is 1.68. The minimum absolute atomic E-state index is 0.0966. The third-order valence-corrected chi connectivity index (χ3v) is 2.19. The number of hydrogen-bond donors (Lipinski definition) is 2. The molecular formula is C9H19BINO. The average molecular weight is 295 g/mol. The highest BCUT2D eigenvalue weighted by molar-refractivity contribution is 14.1. The fourth-order valence-electron chi connectivity index (χ4n) is 1.18. The van der Waals surface area contributed by atoms with Crippen LogP contribution in [0.4, 0.5) is 0 Å². The van der Waals surface area contributed by atoms with Crippen molar-refractivity contribution >= 4 is 30.4 Å². The van der Waals surface area contributed by atoms with Crippen LogP contribution >= 0.6 is 22.6 Å². The largest absolute Gasteiger partial charge is 0.379 e. The molecule has 4 heteroatoms. The Balaban J connectivity index is 3.58. The van der Waals surface area contributed by atoms with Crippen LogP contribution in [0.1, 0.15) is 33.6 Å². The summed E-state index contributed by atoms with van der Waals surface area (Å²) in [7, 11) is 5.78. The highest BCUT2D eigenvalue weighted by atomic mass is 127. The van der Waals surface area contributed by atoms with Crippen LogP contribution < -0.4 is 5.32 Å². The number of halogens is 1. The molecule has 0 heterocycles. The molecule has 0 fully saturated rings. The molecule has 0 bridgehead atoms. The van der Waals surface area contributed by atoms with E-state index in [9.17, 15) is 5.11 Å². The molecule has 0 saturated carbocycles. The van der Waals surface area contributed by atoms with Crippen LogP contribution in [0.3, 0.4) is 0 Å². The fraction of sp³-hybridized carbons (Fsp3) is 1.00. The molecule has 0 rings (SSSR count). The van der Waals surface area contributed by atoms with Gasteiger partial charge < -0.3 is 5.11 Å². The van der Waals surface area contributed by atoms with Gasteiger partial charge in [0.2, 0.25) is 0 Å². The van der Waals surface area contributed by atoms with Gasteiger partial charge in [-0.2, -0.15) is 0 Å². The van der Waals surface area contributed by atoms with Crippen molar-refractivity contribution in [3.63, 3.8) is 0 Å². The third kappa shape index (κ3) is 9.03. The SMILES string of the molecule is [B][C@@H](C[C@H](C)I)NC(O)CC(C)C. The van der Waals surface area contributed by atoms with Gasteiger partial charge in [-0.1, -0.05) is 43.4 Å². The lowest BCUT2D eigenvalue weighted by atomic mass is 9.91. The molecule has 0 spiro atoms. The summed E-state index contributed by atoms with van der Waals surface area (Å²) in [5.74, 6) is 0.396. The summed E-state index contributed by atoms with van der Waals surface area (Å²) in [5.41, 5.74) is 0. The number of alkyl halides is 1. The van der Waals surface area contributed by atoms with Gasteiger partial charge in [-0.05, 0) is 24.7 Å². The van der Waals surface area contributed by atoms with Crippen molar-refractivity contribution in [1.29, 1.82) is 0 Å². The molecule has 0 aromatic heterocycles. The molecule has 0 amide bonds. The van der Waals surface area contributed by atoms with E-state index in [0.717, 1.165) is 12.8 Å². The van der Waals surface area contributed by atoms with Gasteiger partial charge in [-0.15, -0.1) is 0 Å². The summed E-state index contributed by atoms with van der Waals surface area (Å²) in [6, 6.07) is 0. The van der Waals surface area contributed by atoms with Crippen molar-refractivity contribution in [2.75, 3.05) is 0 Å². The van der Waals surface area contributed by atoms with Crippen molar-refractivity contribution in [2.45, 2.75) is 49.7 Å². The standard InChI is InChI=1S/C9H19BINO/c1-6(2)4-9(13)12-8(10)5-7(3)11/h6-9,12-13H,4-5H2,1-3H3/t7-,8+,9?/m0/s1. The zero-order valence-corrected chi connectivity index (χ0v) is 10.8. The van der Waals surface area contributed by atoms with Gasteiger partial charge in [0.25, 0.3) is 0 Å². The first-order valence-electron chi connectivity index (χ1n) is 4.75. The molecule has 0 aliphatic carbocycles. The monoisotopic (exact) mass is 295 g/mol. The van der Waals surface area contributed by atoms with Crippen molar-refractivity contribution in [3.8, 4) is 0 Å². The first-order chi connectivity index (χ1) is 5.91. The lowest BCUT2D eigenvalue weighted by Crippen LogP contribution is -2.40. The second-order valence-corrected chi connectivity index (χ2v) is 6.06. The van der Waals surface area contributed by atoms with Gasteiger partial charge in [-0.25, -0.2) is 0 Å². The van der Waals surface area contributed by atoms with Gasteiger partial charge in [0.1, 0.15) is 6.23 Å². The Labute approximate surface area is 96.4 Å². The number of aliphatic hydroxyl groups excluding tert-OH is 1. The molecule has 0 aliphatic heterocycles. The van der Waals surface area contributed by atoms with Crippen molar-refractivity contribution in [1.82, 2.24) is 5.32 Å². The summed E-state index contributed by atoms with van der Waals surface area (Å²) < 4.78 is 0.534. The number of rotatable bonds is 6. The summed E-state index contributed by atoms with van der Waals surface area (Å²) in [6.07, 6.45) is 1.17. The van der Waals surface area contributed by atoms with Crippen LogP contribution in [0.15, 0.2) is 0 Å². The van der Waals surface area contributed by atoms with Gasteiger partial charge >= 0.3 is 0 Å². The van der Waals surface area contributed by atoms with E-state index in [1.54, 1.807) is 0 Å². The fourth-order valence-corrected chi connectivity index (χ4v) is 1.73. The topological polar surface area (TPSA) is 32.3 Å². The van der Waals surface area contributed by atoms with Gasteiger partial charge in [0, 0.05) is 3.92 Å². The molecule has 2 nitrogen and oxygen atoms in total. The Morgan fingerprint density at radius 2 is 1.85 bits per heavy atom. The Morgan fingerprint density at radius 1 is 1.31 bits per heavy atom. The van der Waals surface area contributed by atoms with E-state index in [2.05, 4.69) is 48.7 Å². The molecule has 0 saturated heterocycles. The van der Waals surface area contributed by atoms with E-state index < -0.39 is 6.23 Å². The number of hydrogen-bond acceptors (Lipinski definition) is 2. The highest BCUT2D eigenvalue weighted by Crippen LogP contribution is 2.08. The number of nitrogens with one attached hydrogen (secondary N) is 1. The second-order valence-electron chi connectivity index (χ2n) is 3.93. The first-order valence-corrected chi connectivity index (χ1v) is 6.00. The summed E-state index contributed by atoms with van der Waals surface area (Å²) in [5, 5.41) is 12.5. The van der Waals surface area contributed by atoms with E-state index in [1.807, 2.05) is 0 Å². The molecule has 2 N–H and O–H groups in total. The molecule has 1 unspecified atom stereocenters. The predicted octanol–water partition coefficient (Wildman–Crippen LogP) is 1.65. The molecule has 0 aromatic rings. The van der Waals surface area contributed by atoms with E-state index in [-0.39, 0.29) is 5.94 Å². The van der Waals surface area contributed by atoms with Gasteiger partial charge in [-0.3, -0.25) is 5.32 Å².